The normalized spacial score (nSPS) is 19.2. The summed E-state index contributed by atoms with van der Waals surface area (Å²) in [6.45, 7) is 0.379. The summed E-state index contributed by atoms with van der Waals surface area (Å²) in [7, 11) is 1.64. The second-order valence-corrected chi connectivity index (χ2v) is 4.46. The highest BCUT2D eigenvalue weighted by Gasteiger charge is 2.35. The number of nitriles is 1. The Balaban J connectivity index is 2.39. The van der Waals surface area contributed by atoms with Gasteiger partial charge in [0.05, 0.1) is 22.9 Å². The van der Waals surface area contributed by atoms with Crippen LogP contribution in [0.25, 0.3) is 0 Å². The molecule has 0 saturated carbocycles. The third kappa shape index (κ3) is 2.47. The maximum atomic E-state index is 12.6. The van der Waals surface area contributed by atoms with Gasteiger partial charge in [0, 0.05) is 6.54 Å². The van der Waals surface area contributed by atoms with Gasteiger partial charge in [-0.15, -0.1) is 0 Å². The van der Waals surface area contributed by atoms with Crippen molar-refractivity contribution in [2.24, 2.45) is 0 Å². The van der Waals surface area contributed by atoms with Crippen LogP contribution in [0.5, 0.6) is 0 Å². The van der Waals surface area contributed by atoms with Crippen molar-refractivity contribution in [1.29, 1.82) is 5.26 Å². The number of halogens is 3. The van der Waals surface area contributed by atoms with Crippen molar-refractivity contribution in [2.75, 3.05) is 18.5 Å². The molecule has 0 radical (unpaired) electrons. The first-order valence-electron chi connectivity index (χ1n) is 5.98. The zero-order chi connectivity index (χ0) is 14.9. The Kier molecular flexibility index (Phi) is 3.68. The van der Waals surface area contributed by atoms with E-state index in [-0.39, 0.29) is 23.2 Å². The number of carbonyl (C=O) groups excluding carboxylic acids is 1. The summed E-state index contributed by atoms with van der Waals surface area (Å²) >= 11 is 0. The Bertz CT molecular complexity index is 577. The molecule has 1 aromatic carbocycles. The lowest BCUT2D eigenvalue weighted by Crippen LogP contribution is -2.36. The van der Waals surface area contributed by atoms with Crippen LogP contribution in [0.1, 0.15) is 17.5 Å². The quantitative estimate of drug-likeness (QED) is 0.902. The van der Waals surface area contributed by atoms with Gasteiger partial charge in [-0.05, 0) is 31.7 Å². The van der Waals surface area contributed by atoms with E-state index < -0.39 is 11.7 Å². The van der Waals surface area contributed by atoms with Gasteiger partial charge in [0.15, 0.2) is 0 Å². The van der Waals surface area contributed by atoms with Gasteiger partial charge in [0.25, 0.3) is 0 Å². The van der Waals surface area contributed by atoms with Crippen LogP contribution in [0, 0.1) is 11.3 Å². The molecule has 1 atom stereocenters. The first-order chi connectivity index (χ1) is 9.38. The number of anilines is 1. The Morgan fingerprint density at radius 3 is 2.65 bits per heavy atom. The molecule has 2 rings (SSSR count). The Morgan fingerprint density at radius 2 is 2.15 bits per heavy atom. The molecule has 0 aliphatic carbocycles. The Hall–Kier alpha value is -2.07. The highest BCUT2D eigenvalue weighted by atomic mass is 19.4. The van der Waals surface area contributed by atoms with Crippen molar-refractivity contribution in [2.45, 2.75) is 18.6 Å². The van der Waals surface area contributed by atoms with Gasteiger partial charge in [-0.3, -0.25) is 4.79 Å². The fourth-order valence-electron chi connectivity index (χ4n) is 2.22. The number of likely N-dealkylation sites (N-methyl/N-ethyl adjacent to an activating group) is 1. The van der Waals surface area contributed by atoms with Crippen LogP contribution in [-0.4, -0.2) is 25.5 Å². The number of nitrogens with zero attached hydrogens (tertiary/aromatic N) is 2. The first-order valence-corrected chi connectivity index (χ1v) is 5.98. The third-order valence-electron chi connectivity index (χ3n) is 3.29. The van der Waals surface area contributed by atoms with E-state index in [0.29, 0.717) is 13.0 Å². The molecule has 1 heterocycles. The van der Waals surface area contributed by atoms with Gasteiger partial charge >= 0.3 is 6.18 Å². The molecule has 4 nitrogen and oxygen atoms in total. The summed E-state index contributed by atoms with van der Waals surface area (Å²) in [5.41, 5.74) is -0.817. The lowest BCUT2D eigenvalue weighted by molar-refractivity contribution is -0.137. The predicted octanol–water partition coefficient (Wildman–Crippen LogP) is 1.90. The number of alkyl halides is 3. The molecule has 1 N–H and O–H groups in total. The minimum absolute atomic E-state index is 0.148. The molecular formula is C13H12F3N3O. The maximum absolute atomic E-state index is 12.6. The van der Waals surface area contributed by atoms with Crippen LogP contribution in [0.4, 0.5) is 18.9 Å². The van der Waals surface area contributed by atoms with Crippen molar-refractivity contribution in [1.82, 2.24) is 5.32 Å². The number of hydrogen-bond donors (Lipinski definition) is 1. The topological polar surface area (TPSA) is 56.1 Å². The lowest BCUT2D eigenvalue weighted by atomic mass is 10.1. The summed E-state index contributed by atoms with van der Waals surface area (Å²) in [4.78, 5) is 13.4. The molecule has 0 spiro atoms. The standard InChI is InChI=1S/C13H12F3N3O/c1-18-10-4-5-19(12(10)20)11-3-2-9(13(14,15)16)6-8(11)7-17/h2-3,6,10,18H,4-5H2,1H3. The van der Waals surface area contributed by atoms with Gasteiger partial charge in [0.2, 0.25) is 5.91 Å². The van der Waals surface area contributed by atoms with Crippen molar-refractivity contribution in [3.8, 4) is 6.07 Å². The molecule has 1 aromatic rings. The van der Waals surface area contributed by atoms with Gasteiger partial charge in [0.1, 0.15) is 6.07 Å². The summed E-state index contributed by atoms with van der Waals surface area (Å²) in [5.74, 6) is -0.233. The Morgan fingerprint density at radius 1 is 1.45 bits per heavy atom. The molecule has 20 heavy (non-hydrogen) atoms. The second kappa shape index (κ2) is 5.13. The molecule has 1 aliphatic heterocycles. The van der Waals surface area contributed by atoms with E-state index in [1.807, 2.05) is 0 Å². The SMILES string of the molecule is CNC1CCN(c2ccc(C(F)(F)F)cc2C#N)C1=O. The third-order valence-corrected chi connectivity index (χ3v) is 3.29. The molecule has 0 aromatic heterocycles. The average Bonchev–Trinajstić information content (AvgIpc) is 2.78. The van der Waals surface area contributed by atoms with E-state index in [2.05, 4.69) is 5.32 Å². The molecule has 7 heteroatoms. The van der Waals surface area contributed by atoms with E-state index in [0.717, 1.165) is 12.1 Å². The number of amides is 1. The van der Waals surface area contributed by atoms with Crippen LogP contribution in [0.2, 0.25) is 0 Å². The molecule has 1 aliphatic rings. The van der Waals surface area contributed by atoms with Crippen LogP contribution in [-0.2, 0) is 11.0 Å². The van der Waals surface area contributed by atoms with E-state index in [4.69, 9.17) is 5.26 Å². The van der Waals surface area contributed by atoms with E-state index in [9.17, 15) is 18.0 Å². The van der Waals surface area contributed by atoms with Crippen LogP contribution < -0.4 is 10.2 Å². The van der Waals surface area contributed by atoms with Crippen molar-refractivity contribution < 1.29 is 18.0 Å². The number of rotatable bonds is 2. The molecule has 1 fully saturated rings. The molecule has 106 valence electrons. The van der Waals surface area contributed by atoms with Crippen molar-refractivity contribution in [3.05, 3.63) is 29.3 Å². The summed E-state index contributed by atoms with van der Waals surface area (Å²) in [5, 5.41) is 11.8. The maximum Gasteiger partial charge on any atom is 0.416 e. The fourth-order valence-corrected chi connectivity index (χ4v) is 2.22. The highest BCUT2D eigenvalue weighted by Crippen LogP contribution is 2.33. The molecular weight excluding hydrogens is 271 g/mol. The van der Waals surface area contributed by atoms with Crippen molar-refractivity contribution >= 4 is 11.6 Å². The van der Waals surface area contributed by atoms with Crippen LogP contribution >= 0.6 is 0 Å². The summed E-state index contributed by atoms with van der Waals surface area (Å²) < 4.78 is 37.8. The average molecular weight is 283 g/mol. The first kappa shape index (κ1) is 14.3. The molecule has 1 unspecified atom stereocenters. The van der Waals surface area contributed by atoms with Crippen molar-refractivity contribution in [3.63, 3.8) is 0 Å². The van der Waals surface area contributed by atoms with Gasteiger partial charge in [-0.2, -0.15) is 18.4 Å². The highest BCUT2D eigenvalue weighted by molar-refractivity contribution is 6.00. The number of nitrogens with one attached hydrogen (secondary N) is 1. The number of hydrogen-bond acceptors (Lipinski definition) is 3. The van der Waals surface area contributed by atoms with E-state index >= 15 is 0 Å². The minimum atomic E-state index is -4.51. The smallest absolute Gasteiger partial charge is 0.310 e. The van der Waals surface area contributed by atoms with E-state index in [1.54, 1.807) is 13.1 Å². The van der Waals surface area contributed by atoms with E-state index in [1.165, 1.54) is 11.0 Å². The number of carbonyl (C=O) groups is 1. The molecule has 0 bridgehead atoms. The van der Waals surface area contributed by atoms with Crippen LogP contribution in [0.3, 0.4) is 0 Å². The van der Waals surface area contributed by atoms with Gasteiger partial charge in [-0.1, -0.05) is 0 Å². The summed E-state index contributed by atoms with van der Waals surface area (Å²) in [6, 6.07) is 4.20. The zero-order valence-electron chi connectivity index (χ0n) is 10.7. The second-order valence-electron chi connectivity index (χ2n) is 4.46. The molecule has 1 saturated heterocycles. The zero-order valence-corrected chi connectivity index (χ0v) is 10.7. The van der Waals surface area contributed by atoms with Gasteiger partial charge < -0.3 is 10.2 Å². The minimum Gasteiger partial charge on any atom is -0.310 e. The monoisotopic (exact) mass is 283 g/mol. The largest absolute Gasteiger partial charge is 0.416 e. The van der Waals surface area contributed by atoms with Crippen LogP contribution in [0.15, 0.2) is 18.2 Å². The lowest BCUT2D eigenvalue weighted by Gasteiger charge is -2.19. The van der Waals surface area contributed by atoms with Gasteiger partial charge in [-0.25, -0.2) is 0 Å². The Labute approximate surface area is 113 Å². The molecule has 1 amide bonds. The summed E-state index contributed by atoms with van der Waals surface area (Å²) in [6.07, 6.45) is -3.95. The fraction of sp³-hybridized carbons (Fsp3) is 0.385. The number of benzene rings is 1. The predicted molar refractivity (Wildman–Crippen MR) is 66.0 cm³/mol.